The molecule has 1 amide bonds. The summed E-state index contributed by atoms with van der Waals surface area (Å²) in [5.74, 6) is -0.140. The van der Waals surface area contributed by atoms with Crippen molar-refractivity contribution in [3.63, 3.8) is 0 Å². The first-order chi connectivity index (χ1) is 11.8. The first-order valence-corrected chi connectivity index (χ1v) is 10.1. The Labute approximate surface area is 147 Å². The predicted molar refractivity (Wildman–Crippen MR) is 95.2 cm³/mol. The molecular formula is C18H22N2O4S. The number of sulfone groups is 1. The summed E-state index contributed by atoms with van der Waals surface area (Å²) in [6.07, 6.45) is 1.74. The van der Waals surface area contributed by atoms with E-state index in [0.717, 1.165) is 24.1 Å². The van der Waals surface area contributed by atoms with Crippen molar-refractivity contribution in [3.8, 4) is 0 Å². The third-order valence-corrected chi connectivity index (χ3v) is 6.76. The smallest absolute Gasteiger partial charge is 0.245 e. The molecule has 2 aromatic rings. The first kappa shape index (κ1) is 17.7. The molecule has 0 fully saturated rings. The van der Waals surface area contributed by atoms with Crippen molar-refractivity contribution in [1.29, 1.82) is 0 Å². The number of hydrogen-bond donors (Lipinski definition) is 0. The number of benzene rings is 1. The number of nitrogens with zero attached hydrogens (tertiary/aromatic N) is 2. The van der Waals surface area contributed by atoms with E-state index < -0.39 is 15.1 Å². The average molecular weight is 362 g/mol. The molecule has 25 heavy (non-hydrogen) atoms. The summed E-state index contributed by atoms with van der Waals surface area (Å²) in [4.78, 5) is 14.5. The molecule has 7 heteroatoms. The molecule has 1 aromatic heterocycles. The van der Waals surface area contributed by atoms with Crippen LogP contribution in [0.1, 0.15) is 35.9 Å². The molecule has 2 heterocycles. The van der Waals surface area contributed by atoms with Gasteiger partial charge in [-0.15, -0.1) is 0 Å². The normalized spacial score (nSPS) is 15.7. The van der Waals surface area contributed by atoms with Gasteiger partial charge in [-0.05, 0) is 45.2 Å². The third kappa shape index (κ3) is 3.33. The van der Waals surface area contributed by atoms with E-state index in [1.807, 2.05) is 24.3 Å². The molecule has 1 atom stereocenters. The fraction of sp³-hybridized carbons (Fsp3) is 0.444. The zero-order valence-corrected chi connectivity index (χ0v) is 15.5. The van der Waals surface area contributed by atoms with E-state index in [0.29, 0.717) is 23.6 Å². The van der Waals surface area contributed by atoms with Crippen LogP contribution >= 0.6 is 0 Å². The van der Waals surface area contributed by atoms with Crippen LogP contribution in [0.5, 0.6) is 0 Å². The summed E-state index contributed by atoms with van der Waals surface area (Å²) < 4.78 is 30.6. The Balaban J connectivity index is 1.85. The van der Waals surface area contributed by atoms with Crippen molar-refractivity contribution >= 4 is 21.4 Å². The van der Waals surface area contributed by atoms with Crippen LogP contribution in [0.15, 0.2) is 28.8 Å². The van der Waals surface area contributed by atoms with Crippen LogP contribution in [-0.4, -0.2) is 31.3 Å². The van der Waals surface area contributed by atoms with Gasteiger partial charge in [-0.1, -0.05) is 23.4 Å². The SMILES string of the molecule is Cc1noc(C)c1CS(=O)(=O)[C@@H](C)C(=O)N1CCCc2ccccc21. The minimum atomic E-state index is -3.67. The topological polar surface area (TPSA) is 80.5 Å². The second kappa shape index (κ2) is 6.63. The Bertz CT molecular complexity index is 882. The molecule has 134 valence electrons. The highest BCUT2D eigenvalue weighted by molar-refractivity contribution is 7.92. The van der Waals surface area contributed by atoms with Crippen molar-refractivity contribution in [2.75, 3.05) is 11.4 Å². The van der Waals surface area contributed by atoms with E-state index in [2.05, 4.69) is 5.16 Å². The summed E-state index contributed by atoms with van der Waals surface area (Å²) in [7, 11) is -3.67. The van der Waals surface area contributed by atoms with E-state index in [1.165, 1.54) is 6.92 Å². The highest BCUT2D eigenvalue weighted by atomic mass is 32.2. The van der Waals surface area contributed by atoms with Gasteiger partial charge in [0.15, 0.2) is 9.84 Å². The van der Waals surface area contributed by atoms with Crippen LogP contribution < -0.4 is 4.90 Å². The van der Waals surface area contributed by atoms with Gasteiger partial charge in [0.2, 0.25) is 5.91 Å². The standard InChI is InChI=1S/C18H22N2O4S/c1-12-16(13(2)24-19-12)11-25(22,23)14(3)18(21)20-10-6-8-15-7-4-5-9-17(15)20/h4-5,7,9,14H,6,8,10-11H2,1-3H3/t14-/m0/s1. The molecule has 1 aliphatic heterocycles. The molecule has 3 rings (SSSR count). The number of aromatic nitrogens is 1. The summed E-state index contributed by atoms with van der Waals surface area (Å²) >= 11 is 0. The van der Waals surface area contributed by atoms with Crippen molar-refractivity contribution in [2.24, 2.45) is 0 Å². The van der Waals surface area contributed by atoms with Gasteiger partial charge >= 0.3 is 0 Å². The fourth-order valence-electron chi connectivity index (χ4n) is 3.17. The predicted octanol–water partition coefficient (Wildman–Crippen LogP) is 2.57. The number of carbonyl (C=O) groups is 1. The molecule has 0 saturated carbocycles. The maximum absolute atomic E-state index is 12.9. The van der Waals surface area contributed by atoms with Crippen LogP contribution in [0.3, 0.4) is 0 Å². The lowest BCUT2D eigenvalue weighted by Gasteiger charge is -2.31. The quantitative estimate of drug-likeness (QED) is 0.835. The molecule has 6 nitrogen and oxygen atoms in total. The Morgan fingerprint density at radius 3 is 2.72 bits per heavy atom. The van der Waals surface area contributed by atoms with Gasteiger partial charge < -0.3 is 9.42 Å². The van der Waals surface area contributed by atoms with Crippen LogP contribution in [0.4, 0.5) is 5.69 Å². The Kier molecular flexibility index (Phi) is 4.69. The second-order valence-corrected chi connectivity index (χ2v) is 8.80. The van der Waals surface area contributed by atoms with E-state index in [9.17, 15) is 13.2 Å². The molecule has 0 saturated heterocycles. The van der Waals surface area contributed by atoms with E-state index in [4.69, 9.17) is 4.52 Å². The molecule has 0 radical (unpaired) electrons. The maximum Gasteiger partial charge on any atom is 0.245 e. The summed E-state index contributed by atoms with van der Waals surface area (Å²) in [6, 6.07) is 7.66. The number of para-hydroxylation sites is 1. The molecule has 0 N–H and O–H groups in total. The van der Waals surface area contributed by atoms with Gasteiger partial charge in [0.05, 0.1) is 11.4 Å². The van der Waals surface area contributed by atoms with Crippen molar-refractivity contribution in [1.82, 2.24) is 5.16 Å². The zero-order valence-electron chi connectivity index (χ0n) is 14.7. The van der Waals surface area contributed by atoms with E-state index >= 15 is 0 Å². The molecule has 1 aliphatic rings. The van der Waals surface area contributed by atoms with Crippen molar-refractivity contribution in [2.45, 2.75) is 44.6 Å². The lowest BCUT2D eigenvalue weighted by atomic mass is 10.0. The van der Waals surface area contributed by atoms with Crippen LogP contribution in [0.25, 0.3) is 0 Å². The van der Waals surface area contributed by atoms with Crippen LogP contribution in [-0.2, 0) is 26.8 Å². The molecular weight excluding hydrogens is 340 g/mol. The lowest BCUT2D eigenvalue weighted by molar-refractivity contribution is -0.118. The Morgan fingerprint density at radius 2 is 2.04 bits per heavy atom. The highest BCUT2D eigenvalue weighted by Crippen LogP contribution is 2.28. The lowest BCUT2D eigenvalue weighted by Crippen LogP contribution is -2.44. The van der Waals surface area contributed by atoms with E-state index in [1.54, 1.807) is 18.7 Å². The minimum absolute atomic E-state index is 0.240. The molecule has 0 unspecified atom stereocenters. The fourth-order valence-corrected chi connectivity index (χ4v) is 4.67. The van der Waals surface area contributed by atoms with Crippen molar-refractivity contribution < 1.29 is 17.7 Å². The molecule has 0 bridgehead atoms. The number of fused-ring (bicyclic) bond motifs is 1. The van der Waals surface area contributed by atoms with Crippen LogP contribution in [0, 0.1) is 13.8 Å². The van der Waals surface area contributed by atoms with Gasteiger partial charge in [-0.3, -0.25) is 4.79 Å². The zero-order chi connectivity index (χ0) is 18.2. The maximum atomic E-state index is 12.9. The Morgan fingerprint density at radius 1 is 1.32 bits per heavy atom. The third-order valence-electron chi connectivity index (χ3n) is 4.79. The largest absolute Gasteiger partial charge is 0.361 e. The van der Waals surface area contributed by atoms with Crippen molar-refractivity contribution in [3.05, 3.63) is 46.8 Å². The van der Waals surface area contributed by atoms with Gasteiger partial charge in [0.25, 0.3) is 0 Å². The number of aryl methyl sites for hydroxylation is 3. The van der Waals surface area contributed by atoms with Gasteiger partial charge in [-0.2, -0.15) is 0 Å². The number of carbonyl (C=O) groups excluding carboxylic acids is 1. The highest BCUT2D eigenvalue weighted by Gasteiger charge is 2.35. The second-order valence-electron chi connectivity index (χ2n) is 6.47. The number of amides is 1. The average Bonchev–Trinajstić information content (AvgIpc) is 2.91. The Hall–Kier alpha value is -2.15. The molecule has 0 spiro atoms. The molecule has 0 aliphatic carbocycles. The van der Waals surface area contributed by atoms with Gasteiger partial charge in [-0.25, -0.2) is 8.42 Å². The van der Waals surface area contributed by atoms with Gasteiger partial charge in [0.1, 0.15) is 11.0 Å². The summed E-state index contributed by atoms with van der Waals surface area (Å²) in [5.41, 5.74) is 2.98. The van der Waals surface area contributed by atoms with Crippen LogP contribution in [0.2, 0.25) is 0 Å². The number of anilines is 1. The summed E-state index contributed by atoms with van der Waals surface area (Å²) in [6.45, 7) is 5.39. The van der Waals surface area contributed by atoms with E-state index in [-0.39, 0.29) is 11.7 Å². The number of hydrogen-bond acceptors (Lipinski definition) is 5. The van der Waals surface area contributed by atoms with Gasteiger partial charge in [0, 0.05) is 17.8 Å². The minimum Gasteiger partial charge on any atom is -0.361 e. The molecule has 1 aromatic carbocycles. The first-order valence-electron chi connectivity index (χ1n) is 8.34. The monoisotopic (exact) mass is 362 g/mol. The number of rotatable bonds is 4. The summed E-state index contributed by atoms with van der Waals surface area (Å²) in [5, 5.41) is 2.67.